The van der Waals surface area contributed by atoms with Gasteiger partial charge in [0.25, 0.3) is 0 Å². The van der Waals surface area contributed by atoms with E-state index in [0.717, 1.165) is 43.8 Å². The minimum absolute atomic E-state index is 0.222. The van der Waals surface area contributed by atoms with E-state index in [1.165, 1.54) is 0 Å². The van der Waals surface area contributed by atoms with Crippen LogP contribution in [0.4, 0.5) is 4.79 Å². The van der Waals surface area contributed by atoms with Gasteiger partial charge in [-0.25, -0.2) is 4.79 Å². The van der Waals surface area contributed by atoms with Gasteiger partial charge in [0.2, 0.25) is 0 Å². The number of carbonyl (C=O) groups excluding carboxylic acids is 1. The highest BCUT2D eigenvalue weighted by Gasteiger charge is 2.28. The lowest BCUT2D eigenvalue weighted by atomic mass is 9.93. The van der Waals surface area contributed by atoms with Gasteiger partial charge < -0.3 is 19.5 Å². The van der Waals surface area contributed by atoms with Crippen molar-refractivity contribution in [2.45, 2.75) is 65.0 Å². The Labute approximate surface area is 138 Å². The average molecular weight is 323 g/mol. The summed E-state index contributed by atoms with van der Waals surface area (Å²) in [7, 11) is 0. The number of amides is 1. The van der Waals surface area contributed by atoms with Gasteiger partial charge in [-0.1, -0.05) is 12.1 Å². The van der Waals surface area contributed by atoms with Crippen LogP contribution in [0.3, 0.4) is 0 Å². The lowest BCUT2D eigenvalue weighted by molar-refractivity contribution is 0.0203. The zero-order valence-electron chi connectivity index (χ0n) is 14.7. The third-order valence-corrected chi connectivity index (χ3v) is 3.87. The van der Waals surface area contributed by atoms with E-state index in [1.807, 2.05) is 26.8 Å². The highest BCUT2D eigenvalue weighted by atomic mass is 16.6. The monoisotopic (exact) mass is 323 g/mol. The number of nitrogens with zero attached hydrogens (tertiary/aromatic N) is 2. The first-order valence-electron chi connectivity index (χ1n) is 8.53. The quantitative estimate of drug-likeness (QED) is 0.842. The molecule has 1 aromatic heterocycles. The van der Waals surface area contributed by atoms with Crippen molar-refractivity contribution in [2.75, 3.05) is 19.6 Å². The molecule has 2 heterocycles. The molecular weight excluding hydrogens is 294 g/mol. The molecule has 0 radical (unpaired) electrons. The Balaban J connectivity index is 1.81. The molecule has 1 saturated heterocycles. The van der Waals surface area contributed by atoms with Crippen molar-refractivity contribution in [3.8, 4) is 0 Å². The van der Waals surface area contributed by atoms with Gasteiger partial charge in [0, 0.05) is 25.1 Å². The first-order chi connectivity index (χ1) is 10.9. The Morgan fingerprint density at radius 3 is 2.74 bits per heavy atom. The molecule has 1 aliphatic heterocycles. The van der Waals surface area contributed by atoms with E-state index in [4.69, 9.17) is 9.26 Å². The van der Waals surface area contributed by atoms with Crippen molar-refractivity contribution < 1.29 is 14.1 Å². The highest BCUT2D eigenvalue weighted by Crippen LogP contribution is 2.28. The van der Waals surface area contributed by atoms with E-state index in [9.17, 15) is 4.79 Å². The highest BCUT2D eigenvalue weighted by molar-refractivity contribution is 5.68. The fraction of sp³-hybridized carbons (Fsp3) is 0.765. The second-order valence-corrected chi connectivity index (χ2v) is 7.14. The van der Waals surface area contributed by atoms with Gasteiger partial charge in [0.15, 0.2) is 5.76 Å². The van der Waals surface area contributed by atoms with E-state index in [0.29, 0.717) is 19.0 Å². The standard InChI is InChI=1S/C17H29N3O3/c1-5-8-18-12-14-11-15(19-23-14)13-6-9-20(10-7-13)16(21)22-17(2,3)4/h11,13,18H,5-10,12H2,1-4H3. The molecule has 1 aromatic rings. The number of nitrogens with one attached hydrogen (secondary N) is 1. The largest absolute Gasteiger partial charge is 0.444 e. The maximum atomic E-state index is 12.1. The molecule has 2 rings (SSSR count). The van der Waals surface area contributed by atoms with Crippen LogP contribution < -0.4 is 5.32 Å². The molecule has 0 spiro atoms. The summed E-state index contributed by atoms with van der Waals surface area (Å²) >= 11 is 0. The molecule has 130 valence electrons. The van der Waals surface area contributed by atoms with Crippen molar-refractivity contribution >= 4 is 6.09 Å². The molecule has 1 N–H and O–H groups in total. The molecule has 6 heteroatoms. The zero-order chi connectivity index (χ0) is 16.9. The summed E-state index contributed by atoms with van der Waals surface area (Å²) < 4.78 is 10.8. The summed E-state index contributed by atoms with van der Waals surface area (Å²) in [5, 5.41) is 7.51. The van der Waals surface area contributed by atoms with Crippen LogP contribution in [-0.4, -0.2) is 41.4 Å². The van der Waals surface area contributed by atoms with E-state index in [1.54, 1.807) is 4.90 Å². The first-order valence-corrected chi connectivity index (χ1v) is 8.53. The third kappa shape index (κ3) is 5.53. The van der Waals surface area contributed by atoms with E-state index in [2.05, 4.69) is 17.4 Å². The van der Waals surface area contributed by atoms with Crippen molar-refractivity contribution in [1.82, 2.24) is 15.4 Å². The summed E-state index contributed by atoms with van der Waals surface area (Å²) in [6, 6.07) is 2.04. The molecule has 0 saturated carbocycles. The molecular formula is C17H29N3O3. The second-order valence-electron chi connectivity index (χ2n) is 7.14. The van der Waals surface area contributed by atoms with Gasteiger partial charge in [-0.2, -0.15) is 0 Å². The molecule has 0 unspecified atom stereocenters. The van der Waals surface area contributed by atoms with Gasteiger partial charge in [-0.05, 0) is 46.6 Å². The average Bonchev–Trinajstić information content (AvgIpc) is 2.95. The maximum absolute atomic E-state index is 12.1. The number of ether oxygens (including phenoxy) is 1. The predicted octanol–water partition coefficient (Wildman–Crippen LogP) is 3.29. The zero-order valence-corrected chi connectivity index (χ0v) is 14.7. The first kappa shape index (κ1) is 17.8. The van der Waals surface area contributed by atoms with Crippen LogP contribution in [0.15, 0.2) is 10.6 Å². The second kappa shape index (κ2) is 7.81. The van der Waals surface area contributed by atoms with Crippen molar-refractivity contribution in [3.05, 3.63) is 17.5 Å². The van der Waals surface area contributed by atoms with Crippen molar-refractivity contribution in [2.24, 2.45) is 0 Å². The molecule has 0 atom stereocenters. The smallest absolute Gasteiger partial charge is 0.410 e. The lowest BCUT2D eigenvalue weighted by Gasteiger charge is -2.32. The van der Waals surface area contributed by atoms with Crippen molar-refractivity contribution in [1.29, 1.82) is 0 Å². The number of hydrogen-bond donors (Lipinski definition) is 1. The number of likely N-dealkylation sites (tertiary alicyclic amines) is 1. The van der Waals surface area contributed by atoms with Crippen LogP contribution >= 0.6 is 0 Å². The van der Waals surface area contributed by atoms with E-state index in [-0.39, 0.29) is 6.09 Å². The SMILES string of the molecule is CCCNCc1cc(C2CCN(C(=O)OC(C)(C)C)CC2)no1. The van der Waals surface area contributed by atoms with Crippen LogP contribution in [0, 0.1) is 0 Å². The van der Waals surface area contributed by atoms with Crippen LogP contribution in [0.2, 0.25) is 0 Å². The minimum atomic E-state index is -0.444. The molecule has 23 heavy (non-hydrogen) atoms. The lowest BCUT2D eigenvalue weighted by Crippen LogP contribution is -2.41. The van der Waals surface area contributed by atoms with Gasteiger partial charge in [0.05, 0.1) is 12.2 Å². The number of piperidine rings is 1. The van der Waals surface area contributed by atoms with Crippen LogP contribution in [0.5, 0.6) is 0 Å². The Bertz CT molecular complexity index is 499. The van der Waals surface area contributed by atoms with E-state index < -0.39 is 5.60 Å². The molecule has 1 amide bonds. The van der Waals surface area contributed by atoms with E-state index >= 15 is 0 Å². The molecule has 0 aromatic carbocycles. The number of hydrogen-bond acceptors (Lipinski definition) is 5. The molecule has 1 aliphatic rings. The Kier molecular flexibility index (Phi) is 6.04. The van der Waals surface area contributed by atoms with Crippen LogP contribution in [0.25, 0.3) is 0 Å². The summed E-state index contributed by atoms with van der Waals surface area (Å²) in [5.41, 5.74) is 0.558. The molecule has 1 fully saturated rings. The Hall–Kier alpha value is -1.56. The van der Waals surface area contributed by atoms with Crippen LogP contribution in [0.1, 0.15) is 64.3 Å². The summed E-state index contributed by atoms with van der Waals surface area (Å²) in [4.78, 5) is 13.9. The summed E-state index contributed by atoms with van der Waals surface area (Å²) in [5.74, 6) is 1.24. The van der Waals surface area contributed by atoms with Gasteiger partial charge in [-0.15, -0.1) is 0 Å². The van der Waals surface area contributed by atoms with Crippen LogP contribution in [-0.2, 0) is 11.3 Å². The minimum Gasteiger partial charge on any atom is -0.444 e. The number of aromatic nitrogens is 1. The summed E-state index contributed by atoms with van der Waals surface area (Å²) in [6.07, 6.45) is 2.67. The fourth-order valence-corrected chi connectivity index (χ4v) is 2.68. The number of carbonyl (C=O) groups is 1. The predicted molar refractivity (Wildman–Crippen MR) is 88.3 cm³/mol. The fourth-order valence-electron chi connectivity index (χ4n) is 2.68. The van der Waals surface area contributed by atoms with Gasteiger partial charge >= 0.3 is 6.09 Å². The maximum Gasteiger partial charge on any atom is 0.410 e. The Morgan fingerprint density at radius 1 is 1.43 bits per heavy atom. The third-order valence-electron chi connectivity index (χ3n) is 3.87. The Morgan fingerprint density at radius 2 is 2.13 bits per heavy atom. The van der Waals surface area contributed by atoms with Gasteiger partial charge in [-0.3, -0.25) is 0 Å². The van der Waals surface area contributed by atoms with Gasteiger partial charge in [0.1, 0.15) is 5.60 Å². The normalized spacial score (nSPS) is 16.6. The molecule has 6 nitrogen and oxygen atoms in total. The van der Waals surface area contributed by atoms with Crippen molar-refractivity contribution in [3.63, 3.8) is 0 Å². The molecule has 0 bridgehead atoms. The summed E-state index contributed by atoms with van der Waals surface area (Å²) in [6.45, 7) is 10.9. The molecule has 0 aliphatic carbocycles. The topological polar surface area (TPSA) is 67.6 Å². The number of rotatable bonds is 5.